The average molecular weight is 385 g/mol. The zero-order chi connectivity index (χ0) is 18.8. The molecule has 0 unspecified atom stereocenters. The van der Waals surface area contributed by atoms with Crippen LogP contribution in [0.15, 0.2) is 29.2 Å². The van der Waals surface area contributed by atoms with E-state index in [0.29, 0.717) is 39.1 Å². The number of piperazine rings is 1. The van der Waals surface area contributed by atoms with E-state index < -0.39 is 21.3 Å². The molecule has 0 bridgehead atoms. The first kappa shape index (κ1) is 19.2. The summed E-state index contributed by atoms with van der Waals surface area (Å²) in [6.07, 6.45) is 1.19. The van der Waals surface area contributed by atoms with Crippen LogP contribution >= 0.6 is 0 Å². The Kier molecular flexibility index (Phi) is 5.61. The Labute approximate surface area is 152 Å². The van der Waals surface area contributed by atoms with Crippen molar-refractivity contribution in [2.75, 3.05) is 45.9 Å². The fraction of sp³-hybridized carbons (Fsp3) is 0.588. The zero-order valence-corrected chi connectivity index (χ0v) is 15.4. The highest BCUT2D eigenvalue weighted by atomic mass is 32.2. The monoisotopic (exact) mass is 385 g/mol. The van der Waals surface area contributed by atoms with E-state index in [1.807, 2.05) is 0 Å². The summed E-state index contributed by atoms with van der Waals surface area (Å²) >= 11 is 0. The number of nitrogens with zero attached hydrogens (tertiary/aromatic N) is 2. The number of sulfonamides is 1. The van der Waals surface area contributed by atoms with Crippen LogP contribution in [-0.4, -0.2) is 69.5 Å². The van der Waals surface area contributed by atoms with Gasteiger partial charge in [0, 0.05) is 45.9 Å². The number of benzene rings is 1. The van der Waals surface area contributed by atoms with Gasteiger partial charge in [-0.15, -0.1) is 0 Å². The van der Waals surface area contributed by atoms with Gasteiger partial charge in [-0.1, -0.05) is 0 Å². The van der Waals surface area contributed by atoms with Crippen molar-refractivity contribution >= 4 is 15.9 Å². The number of hydrogen-bond donors (Lipinski definition) is 1. The minimum absolute atomic E-state index is 0.0119. The van der Waals surface area contributed by atoms with Crippen molar-refractivity contribution in [2.24, 2.45) is 11.1 Å². The number of rotatable bonds is 4. The average Bonchev–Trinajstić information content (AvgIpc) is 2.68. The van der Waals surface area contributed by atoms with E-state index in [1.54, 1.807) is 4.90 Å². The van der Waals surface area contributed by atoms with Crippen LogP contribution in [0.1, 0.15) is 12.8 Å². The van der Waals surface area contributed by atoms with Gasteiger partial charge in [0.15, 0.2) is 0 Å². The van der Waals surface area contributed by atoms with Gasteiger partial charge in [0.2, 0.25) is 15.9 Å². The van der Waals surface area contributed by atoms with Crippen LogP contribution in [0, 0.1) is 11.2 Å². The van der Waals surface area contributed by atoms with Crippen LogP contribution in [-0.2, 0) is 19.6 Å². The highest BCUT2D eigenvalue weighted by Gasteiger charge is 2.42. The fourth-order valence-electron chi connectivity index (χ4n) is 3.49. The molecule has 3 rings (SSSR count). The summed E-state index contributed by atoms with van der Waals surface area (Å²) in [4.78, 5) is 14.7. The molecule has 26 heavy (non-hydrogen) atoms. The summed E-state index contributed by atoms with van der Waals surface area (Å²) in [6, 6.07) is 4.77. The lowest BCUT2D eigenvalue weighted by molar-refractivity contribution is -0.148. The van der Waals surface area contributed by atoms with Crippen LogP contribution in [0.2, 0.25) is 0 Å². The number of carbonyl (C=O) groups excluding carboxylic acids is 1. The molecule has 1 aromatic carbocycles. The van der Waals surface area contributed by atoms with Crippen LogP contribution in [0.25, 0.3) is 0 Å². The van der Waals surface area contributed by atoms with Crippen molar-refractivity contribution in [3.05, 3.63) is 30.1 Å². The largest absolute Gasteiger partial charge is 0.381 e. The molecular formula is C17H24FN3O4S. The van der Waals surface area contributed by atoms with Crippen LogP contribution < -0.4 is 5.73 Å². The third kappa shape index (κ3) is 3.62. The summed E-state index contributed by atoms with van der Waals surface area (Å²) in [5.41, 5.74) is 5.29. The van der Waals surface area contributed by atoms with E-state index in [4.69, 9.17) is 10.5 Å². The van der Waals surface area contributed by atoms with Crippen molar-refractivity contribution in [2.45, 2.75) is 17.7 Å². The topological polar surface area (TPSA) is 92.9 Å². The maximum Gasteiger partial charge on any atom is 0.243 e. The summed E-state index contributed by atoms with van der Waals surface area (Å²) in [5, 5.41) is 0. The lowest BCUT2D eigenvalue weighted by Gasteiger charge is -2.42. The molecule has 2 heterocycles. The SMILES string of the molecule is NCC1(C(=O)N2CCN(S(=O)(=O)c3ccc(F)cc3)CC2)CCOCC1. The number of amides is 1. The van der Waals surface area contributed by atoms with Crippen molar-refractivity contribution in [1.82, 2.24) is 9.21 Å². The third-order valence-corrected chi connectivity index (χ3v) is 7.18. The maximum atomic E-state index is 13.0. The van der Waals surface area contributed by atoms with Gasteiger partial charge in [-0.3, -0.25) is 4.79 Å². The Hall–Kier alpha value is -1.55. The molecule has 2 fully saturated rings. The molecule has 1 amide bonds. The molecule has 144 valence electrons. The first-order chi connectivity index (χ1) is 12.4. The van der Waals surface area contributed by atoms with Gasteiger partial charge in [-0.2, -0.15) is 4.31 Å². The quantitative estimate of drug-likeness (QED) is 0.811. The highest BCUT2D eigenvalue weighted by Crippen LogP contribution is 2.32. The molecule has 7 nitrogen and oxygen atoms in total. The van der Waals surface area contributed by atoms with Crippen molar-refractivity contribution in [3.8, 4) is 0 Å². The Morgan fingerprint density at radius 2 is 1.69 bits per heavy atom. The Morgan fingerprint density at radius 3 is 2.23 bits per heavy atom. The minimum Gasteiger partial charge on any atom is -0.381 e. The summed E-state index contributed by atoms with van der Waals surface area (Å²) in [5.74, 6) is -0.495. The van der Waals surface area contributed by atoms with Crippen LogP contribution in [0.3, 0.4) is 0 Å². The molecule has 0 spiro atoms. The second-order valence-electron chi connectivity index (χ2n) is 6.75. The van der Waals surface area contributed by atoms with Gasteiger partial charge in [-0.05, 0) is 37.1 Å². The van der Waals surface area contributed by atoms with E-state index in [-0.39, 0.29) is 30.4 Å². The molecule has 0 aliphatic carbocycles. The number of carbonyl (C=O) groups is 1. The fourth-order valence-corrected chi connectivity index (χ4v) is 4.91. The molecule has 2 aliphatic rings. The summed E-state index contributed by atoms with van der Waals surface area (Å²) in [6.45, 7) is 2.36. The maximum absolute atomic E-state index is 13.0. The van der Waals surface area contributed by atoms with Crippen LogP contribution in [0.5, 0.6) is 0 Å². The second-order valence-corrected chi connectivity index (χ2v) is 8.68. The standard InChI is InChI=1S/C17H24FN3O4S/c18-14-1-3-15(4-2-14)26(23,24)21-9-7-20(8-10-21)16(22)17(13-19)5-11-25-12-6-17/h1-4H,5-13,19H2. The molecule has 2 N–H and O–H groups in total. The number of nitrogens with two attached hydrogens (primary N) is 1. The first-order valence-electron chi connectivity index (χ1n) is 8.72. The number of halogens is 1. The molecule has 9 heteroatoms. The van der Waals surface area contributed by atoms with Gasteiger partial charge in [0.1, 0.15) is 5.82 Å². The Balaban J connectivity index is 1.67. The van der Waals surface area contributed by atoms with Crippen molar-refractivity contribution < 1.29 is 22.3 Å². The van der Waals surface area contributed by atoms with E-state index >= 15 is 0 Å². The van der Waals surface area contributed by atoms with Gasteiger partial charge in [-0.25, -0.2) is 12.8 Å². The molecule has 0 aromatic heterocycles. The summed E-state index contributed by atoms with van der Waals surface area (Å²) in [7, 11) is -3.69. The van der Waals surface area contributed by atoms with E-state index in [1.165, 1.54) is 16.4 Å². The molecule has 1 aromatic rings. The van der Waals surface area contributed by atoms with E-state index in [0.717, 1.165) is 12.1 Å². The van der Waals surface area contributed by atoms with Crippen LogP contribution in [0.4, 0.5) is 4.39 Å². The predicted octanol–water partition coefficient (Wildman–Crippen LogP) is 0.414. The Morgan fingerprint density at radius 1 is 1.12 bits per heavy atom. The molecule has 2 saturated heterocycles. The van der Waals surface area contributed by atoms with Gasteiger partial charge >= 0.3 is 0 Å². The Bertz CT molecular complexity index is 740. The highest BCUT2D eigenvalue weighted by molar-refractivity contribution is 7.89. The lowest BCUT2D eigenvalue weighted by Crippen LogP contribution is -2.57. The molecular weight excluding hydrogens is 361 g/mol. The zero-order valence-electron chi connectivity index (χ0n) is 14.6. The first-order valence-corrected chi connectivity index (χ1v) is 10.2. The van der Waals surface area contributed by atoms with Crippen molar-refractivity contribution in [3.63, 3.8) is 0 Å². The molecule has 0 radical (unpaired) electrons. The second kappa shape index (κ2) is 7.59. The number of hydrogen-bond acceptors (Lipinski definition) is 5. The smallest absolute Gasteiger partial charge is 0.243 e. The van der Waals surface area contributed by atoms with Gasteiger partial charge in [0.05, 0.1) is 10.3 Å². The molecule has 2 aliphatic heterocycles. The predicted molar refractivity (Wildman–Crippen MR) is 93.3 cm³/mol. The molecule has 0 saturated carbocycles. The van der Waals surface area contributed by atoms with E-state index in [2.05, 4.69) is 0 Å². The van der Waals surface area contributed by atoms with Gasteiger partial charge < -0.3 is 15.4 Å². The third-order valence-electron chi connectivity index (χ3n) is 5.27. The normalized spacial score (nSPS) is 21.5. The van der Waals surface area contributed by atoms with Gasteiger partial charge in [0.25, 0.3) is 0 Å². The number of ether oxygens (including phenoxy) is 1. The lowest BCUT2D eigenvalue weighted by atomic mass is 9.78. The molecule has 0 atom stereocenters. The van der Waals surface area contributed by atoms with Crippen molar-refractivity contribution in [1.29, 1.82) is 0 Å². The summed E-state index contributed by atoms with van der Waals surface area (Å²) < 4.78 is 45.0. The minimum atomic E-state index is -3.69. The van der Waals surface area contributed by atoms with E-state index in [9.17, 15) is 17.6 Å².